The second-order valence-electron chi connectivity index (χ2n) is 6.27. The lowest BCUT2D eigenvalue weighted by Crippen LogP contribution is -2.43. The summed E-state index contributed by atoms with van der Waals surface area (Å²) in [6, 6.07) is 11.3. The fraction of sp³-hybridized carbons (Fsp3) is 0.316. The van der Waals surface area contributed by atoms with Crippen LogP contribution >= 0.6 is 0 Å². The molecule has 3 heterocycles. The second kappa shape index (κ2) is 6.55. The Kier molecular flexibility index (Phi) is 4.09. The minimum Gasteiger partial charge on any atom is -0.467 e. The lowest BCUT2D eigenvalue weighted by atomic mass is 10.2. The first-order valence-corrected chi connectivity index (χ1v) is 8.52. The number of benzene rings is 1. The first-order valence-electron chi connectivity index (χ1n) is 8.52. The van der Waals surface area contributed by atoms with Crippen molar-refractivity contribution >= 4 is 22.8 Å². The number of para-hydroxylation sites is 2. The van der Waals surface area contributed by atoms with Crippen molar-refractivity contribution < 1.29 is 9.21 Å². The van der Waals surface area contributed by atoms with Gasteiger partial charge in [-0.15, -0.1) is 0 Å². The minimum absolute atomic E-state index is 0.00302. The van der Waals surface area contributed by atoms with Crippen molar-refractivity contribution in [3.05, 3.63) is 54.1 Å². The van der Waals surface area contributed by atoms with Crippen LogP contribution in [0.4, 0.5) is 5.82 Å². The van der Waals surface area contributed by atoms with E-state index < -0.39 is 0 Å². The van der Waals surface area contributed by atoms with Crippen molar-refractivity contribution in [1.29, 1.82) is 0 Å². The van der Waals surface area contributed by atoms with Crippen LogP contribution in [-0.2, 0) is 11.3 Å². The van der Waals surface area contributed by atoms with E-state index in [9.17, 15) is 4.79 Å². The van der Waals surface area contributed by atoms with Gasteiger partial charge in [0.15, 0.2) is 5.82 Å². The third-order valence-electron chi connectivity index (χ3n) is 4.56. The van der Waals surface area contributed by atoms with E-state index in [1.807, 2.05) is 43.3 Å². The molecule has 2 aromatic heterocycles. The average Bonchev–Trinajstić information content (AvgIpc) is 3.30. The van der Waals surface area contributed by atoms with Crippen LogP contribution in [0.1, 0.15) is 24.3 Å². The molecule has 1 unspecified atom stereocenters. The predicted octanol–water partition coefficient (Wildman–Crippen LogP) is 2.82. The summed E-state index contributed by atoms with van der Waals surface area (Å²) in [6.07, 6.45) is 3.39. The molecule has 1 N–H and O–H groups in total. The number of nitrogens with zero attached hydrogens (tertiary/aromatic N) is 3. The van der Waals surface area contributed by atoms with E-state index in [0.29, 0.717) is 6.54 Å². The summed E-state index contributed by atoms with van der Waals surface area (Å²) < 4.78 is 5.27. The van der Waals surface area contributed by atoms with Crippen molar-refractivity contribution in [1.82, 2.24) is 15.3 Å². The van der Waals surface area contributed by atoms with Gasteiger partial charge < -0.3 is 14.6 Å². The van der Waals surface area contributed by atoms with Gasteiger partial charge in [0.1, 0.15) is 11.8 Å². The summed E-state index contributed by atoms with van der Waals surface area (Å²) in [4.78, 5) is 24.1. The Labute approximate surface area is 145 Å². The van der Waals surface area contributed by atoms with Gasteiger partial charge in [0, 0.05) is 6.54 Å². The van der Waals surface area contributed by atoms with Crippen LogP contribution in [0.3, 0.4) is 0 Å². The zero-order valence-corrected chi connectivity index (χ0v) is 14.1. The highest BCUT2D eigenvalue weighted by Crippen LogP contribution is 2.27. The Hall–Kier alpha value is -2.89. The molecule has 1 fully saturated rings. The van der Waals surface area contributed by atoms with Gasteiger partial charge in [0.2, 0.25) is 5.91 Å². The Morgan fingerprint density at radius 2 is 2.04 bits per heavy atom. The molecule has 4 rings (SSSR count). The van der Waals surface area contributed by atoms with Crippen LogP contribution in [0.2, 0.25) is 0 Å². The largest absolute Gasteiger partial charge is 0.467 e. The number of amides is 1. The van der Waals surface area contributed by atoms with Gasteiger partial charge in [-0.2, -0.15) is 0 Å². The lowest BCUT2D eigenvalue weighted by Gasteiger charge is -2.26. The Bertz CT molecular complexity index is 892. The highest BCUT2D eigenvalue weighted by Gasteiger charge is 2.32. The first kappa shape index (κ1) is 15.6. The third kappa shape index (κ3) is 3.07. The maximum atomic E-state index is 12.7. The van der Waals surface area contributed by atoms with E-state index in [4.69, 9.17) is 9.40 Å². The first-order chi connectivity index (χ1) is 12.2. The van der Waals surface area contributed by atoms with Crippen LogP contribution in [-0.4, -0.2) is 28.5 Å². The molecule has 0 bridgehead atoms. The molecule has 25 heavy (non-hydrogen) atoms. The summed E-state index contributed by atoms with van der Waals surface area (Å²) in [5.41, 5.74) is 2.58. The molecule has 1 atom stereocenters. The number of fused-ring (bicyclic) bond motifs is 1. The normalized spacial score (nSPS) is 17.2. The van der Waals surface area contributed by atoms with E-state index in [1.54, 1.807) is 6.26 Å². The highest BCUT2D eigenvalue weighted by molar-refractivity contribution is 5.86. The molecule has 3 aromatic rings. The van der Waals surface area contributed by atoms with Crippen molar-refractivity contribution in [2.75, 3.05) is 11.4 Å². The molecular weight excluding hydrogens is 316 g/mol. The van der Waals surface area contributed by atoms with Crippen molar-refractivity contribution in [3.8, 4) is 0 Å². The third-order valence-corrected chi connectivity index (χ3v) is 4.56. The number of carbonyl (C=O) groups excluding carboxylic acids is 1. The molecule has 1 aliphatic rings. The van der Waals surface area contributed by atoms with Crippen LogP contribution in [0, 0.1) is 6.92 Å². The molecular formula is C19H20N4O2. The molecule has 6 nitrogen and oxygen atoms in total. The smallest absolute Gasteiger partial charge is 0.243 e. The molecule has 0 aliphatic carbocycles. The molecule has 128 valence electrons. The molecule has 0 spiro atoms. The Morgan fingerprint density at radius 3 is 2.80 bits per heavy atom. The molecule has 1 aromatic carbocycles. The SMILES string of the molecule is Cc1nc2ccccc2nc1N1CCCC1C(=O)NCc1ccco1. The van der Waals surface area contributed by atoms with Gasteiger partial charge in [-0.3, -0.25) is 4.79 Å². The van der Waals surface area contributed by atoms with Crippen LogP contribution < -0.4 is 10.2 Å². The number of hydrogen-bond donors (Lipinski definition) is 1. The van der Waals surface area contributed by atoms with Crippen molar-refractivity contribution in [2.45, 2.75) is 32.4 Å². The maximum Gasteiger partial charge on any atom is 0.243 e. The molecule has 1 aliphatic heterocycles. The monoisotopic (exact) mass is 336 g/mol. The Balaban J connectivity index is 1.56. The molecule has 0 saturated carbocycles. The fourth-order valence-corrected chi connectivity index (χ4v) is 3.35. The maximum absolute atomic E-state index is 12.7. The predicted molar refractivity (Wildman–Crippen MR) is 95.2 cm³/mol. The van der Waals surface area contributed by atoms with E-state index >= 15 is 0 Å². The number of furan rings is 1. The zero-order chi connectivity index (χ0) is 17.2. The summed E-state index contributed by atoms with van der Waals surface area (Å²) >= 11 is 0. The number of nitrogens with one attached hydrogen (secondary N) is 1. The molecule has 1 amide bonds. The van der Waals surface area contributed by atoms with Gasteiger partial charge in [0.25, 0.3) is 0 Å². The Morgan fingerprint density at radius 1 is 1.24 bits per heavy atom. The molecule has 6 heteroatoms. The summed E-state index contributed by atoms with van der Waals surface area (Å²) in [5.74, 6) is 1.55. The zero-order valence-electron chi connectivity index (χ0n) is 14.1. The topological polar surface area (TPSA) is 71.3 Å². The number of carbonyl (C=O) groups is 1. The van der Waals surface area contributed by atoms with Crippen LogP contribution in [0.25, 0.3) is 11.0 Å². The summed E-state index contributed by atoms with van der Waals surface area (Å²) in [5, 5.41) is 2.96. The quantitative estimate of drug-likeness (QED) is 0.793. The molecule has 0 radical (unpaired) electrons. The number of rotatable bonds is 4. The van der Waals surface area contributed by atoms with Gasteiger partial charge >= 0.3 is 0 Å². The van der Waals surface area contributed by atoms with E-state index in [1.165, 1.54) is 0 Å². The second-order valence-corrected chi connectivity index (χ2v) is 6.27. The number of hydrogen-bond acceptors (Lipinski definition) is 5. The van der Waals surface area contributed by atoms with Gasteiger partial charge in [0.05, 0.1) is 29.5 Å². The standard InChI is InChI=1S/C19H20N4O2/c1-13-18(22-16-8-3-2-7-15(16)21-13)23-10-4-9-17(23)19(24)20-12-14-6-5-11-25-14/h2-3,5-8,11,17H,4,9-10,12H2,1H3,(H,20,24). The number of aryl methyl sites for hydroxylation is 1. The lowest BCUT2D eigenvalue weighted by molar-refractivity contribution is -0.122. The van der Waals surface area contributed by atoms with Crippen molar-refractivity contribution in [2.24, 2.45) is 0 Å². The van der Waals surface area contributed by atoms with E-state index in [2.05, 4.69) is 15.2 Å². The van der Waals surface area contributed by atoms with E-state index in [-0.39, 0.29) is 11.9 Å². The minimum atomic E-state index is -0.218. The molecule has 1 saturated heterocycles. The number of aromatic nitrogens is 2. The average molecular weight is 336 g/mol. The van der Waals surface area contributed by atoms with Crippen LogP contribution in [0.15, 0.2) is 47.1 Å². The summed E-state index contributed by atoms with van der Waals surface area (Å²) in [6.45, 7) is 3.16. The van der Waals surface area contributed by atoms with Gasteiger partial charge in [-0.1, -0.05) is 12.1 Å². The fourth-order valence-electron chi connectivity index (χ4n) is 3.35. The highest BCUT2D eigenvalue weighted by atomic mass is 16.3. The number of anilines is 1. The van der Waals surface area contributed by atoms with Gasteiger partial charge in [-0.05, 0) is 44.0 Å². The summed E-state index contributed by atoms with van der Waals surface area (Å²) in [7, 11) is 0. The van der Waals surface area contributed by atoms with E-state index in [0.717, 1.165) is 47.7 Å². The van der Waals surface area contributed by atoms with Crippen LogP contribution in [0.5, 0.6) is 0 Å². The van der Waals surface area contributed by atoms with Crippen molar-refractivity contribution in [3.63, 3.8) is 0 Å². The van der Waals surface area contributed by atoms with Gasteiger partial charge in [-0.25, -0.2) is 9.97 Å².